The highest BCUT2D eigenvalue weighted by Crippen LogP contribution is 2.22. The van der Waals surface area contributed by atoms with E-state index in [1.807, 2.05) is 7.05 Å². The maximum atomic E-state index is 8.80. The Bertz CT molecular complexity index is 615. The first kappa shape index (κ1) is 14.0. The molecule has 0 aliphatic carbocycles. The van der Waals surface area contributed by atoms with E-state index in [0.29, 0.717) is 4.88 Å². The predicted octanol–water partition coefficient (Wildman–Crippen LogP) is 3.76. The highest BCUT2D eigenvalue weighted by Gasteiger charge is 2.08. The van der Waals surface area contributed by atoms with Gasteiger partial charge >= 0.3 is 0 Å². The van der Waals surface area contributed by atoms with Crippen LogP contribution in [0, 0.1) is 18.3 Å². The molecule has 98 valence electrons. The smallest absolute Gasteiger partial charge is 0.186 e. The summed E-state index contributed by atoms with van der Waals surface area (Å²) in [6, 6.07) is 8.45. The molecule has 5 heteroatoms. The van der Waals surface area contributed by atoms with Gasteiger partial charge in [0, 0.05) is 18.1 Å². The van der Waals surface area contributed by atoms with Gasteiger partial charge in [0.1, 0.15) is 10.9 Å². The summed E-state index contributed by atoms with van der Waals surface area (Å²) < 4.78 is 1.11. The molecule has 0 N–H and O–H groups in total. The van der Waals surface area contributed by atoms with Crippen LogP contribution in [0.1, 0.15) is 16.0 Å². The Balaban J connectivity index is 2.02. The normalized spacial score (nSPS) is 10.2. The van der Waals surface area contributed by atoms with Crippen LogP contribution in [0.15, 0.2) is 28.9 Å². The summed E-state index contributed by atoms with van der Waals surface area (Å²) >= 11 is 4.93. The number of aromatic nitrogens is 1. The van der Waals surface area contributed by atoms with Gasteiger partial charge in [-0.1, -0.05) is 33.3 Å². The molecule has 0 spiro atoms. The highest BCUT2D eigenvalue weighted by molar-refractivity contribution is 9.10. The van der Waals surface area contributed by atoms with Crippen molar-refractivity contribution < 1.29 is 0 Å². The molecule has 1 aromatic heterocycles. The fourth-order valence-corrected chi connectivity index (χ4v) is 2.90. The molecular weight excluding hydrogens is 322 g/mol. The molecule has 0 amide bonds. The summed E-state index contributed by atoms with van der Waals surface area (Å²) in [6.07, 6.45) is 2.59. The second kappa shape index (κ2) is 6.18. The zero-order valence-electron chi connectivity index (χ0n) is 10.9. The van der Waals surface area contributed by atoms with Crippen LogP contribution in [0.25, 0.3) is 0 Å². The molecule has 2 rings (SSSR count). The first-order chi connectivity index (χ1) is 9.10. The summed E-state index contributed by atoms with van der Waals surface area (Å²) in [5.74, 6) is 0. The van der Waals surface area contributed by atoms with Gasteiger partial charge < -0.3 is 4.90 Å². The number of halogens is 1. The van der Waals surface area contributed by atoms with Gasteiger partial charge in [0.15, 0.2) is 5.13 Å². The number of rotatable bonds is 4. The van der Waals surface area contributed by atoms with E-state index in [2.05, 4.69) is 57.0 Å². The molecule has 0 aliphatic heterocycles. The Morgan fingerprint density at radius 3 is 2.95 bits per heavy atom. The molecule has 19 heavy (non-hydrogen) atoms. The minimum absolute atomic E-state index is 0.653. The standard InChI is InChI=1S/C14H14BrN3S/c1-10-3-4-12(15)7-11(10)5-6-18(2)14-17-9-13(8-16)19-14/h3-4,7,9H,5-6H2,1-2H3. The third kappa shape index (κ3) is 3.55. The van der Waals surface area contributed by atoms with Crippen molar-refractivity contribution in [2.75, 3.05) is 18.5 Å². The van der Waals surface area contributed by atoms with Gasteiger partial charge in [-0.15, -0.1) is 0 Å². The zero-order valence-corrected chi connectivity index (χ0v) is 13.3. The topological polar surface area (TPSA) is 39.9 Å². The molecule has 0 saturated carbocycles. The second-order valence-electron chi connectivity index (χ2n) is 4.36. The van der Waals surface area contributed by atoms with E-state index in [1.165, 1.54) is 22.5 Å². The van der Waals surface area contributed by atoms with E-state index >= 15 is 0 Å². The Morgan fingerprint density at radius 2 is 2.26 bits per heavy atom. The van der Waals surface area contributed by atoms with E-state index in [-0.39, 0.29) is 0 Å². The third-order valence-electron chi connectivity index (χ3n) is 2.96. The lowest BCUT2D eigenvalue weighted by Crippen LogP contribution is -2.20. The maximum Gasteiger partial charge on any atom is 0.186 e. The Hall–Kier alpha value is -1.38. The summed E-state index contributed by atoms with van der Waals surface area (Å²) in [5, 5.41) is 9.70. The Labute approximate surface area is 125 Å². The molecule has 0 radical (unpaired) electrons. The van der Waals surface area contributed by atoms with Gasteiger partial charge in [-0.3, -0.25) is 0 Å². The number of thiazole rings is 1. The van der Waals surface area contributed by atoms with Crippen molar-refractivity contribution in [2.45, 2.75) is 13.3 Å². The van der Waals surface area contributed by atoms with Crippen molar-refractivity contribution in [3.05, 3.63) is 44.9 Å². The second-order valence-corrected chi connectivity index (χ2v) is 6.29. The van der Waals surface area contributed by atoms with Crippen LogP contribution in [-0.2, 0) is 6.42 Å². The third-order valence-corrected chi connectivity index (χ3v) is 4.47. The van der Waals surface area contributed by atoms with Gasteiger partial charge in [0.25, 0.3) is 0 Å². The van der Waals surface area contributed by atoms with E-state index in [9.17, 15) is 0 Å². The first-order valence-corrected chi connectivity index (χ1v) is 7.53. The van der Waals surface area contributed by atoms with Crippen molar-refractivity contribution in [3.8, 4) is 6.07 Å². The number of aryl methyl sites for hydroxylation is 1. The number of nitrogens with zero attached hydrogens (tertiary/aromatic N) is 3. The van der Waals surface area contributed by atoms with E-state index in [0.717, 1.165) is 22.6 Å². The Morgan fingerprint density at radius 1 is 1.47 bits per heavy atom. The molecule has 1 aromatic carbocycles. The molecule has 0 unspecified atom stereocenters. The van der Waals surface area contributed by atoms with Crippen LogP contribution < -0.4 is 4.90 Å². The average molecular weight is 336 g/mol. The minimum Gasteiger partial charge on any atom is -0.351 e. The Kier molecular flexibility index (Phi) is 4.56. The van der Waals surface area contributed by atoms with Crippen molar-refractivity contribution in [3.63, 3.8) is 0 Å². The lowest BCUT2D eigenvalue weighted by atomic mass is 10.1. The quantitative estimate of drug-likeness (QED) is 0.853. The monoisotopic (exact) mass is 335 g/mol. The van der Waals surface area contributed by atoms with Crippen molar-refractivity contribution in [1.82, 2.24) is 4.98 Å². The number of hydrogen-bond donors (Lipinski definition) is 0. The number of benzene rings is 1. The van der Waals surface area contributed by atoms with Gasteiger partial charge in [-0.2, -0.15) is 5.26 Å². The van der Waals surface area contributed by atoms with E-state index < -0.39 is 0 Å². The summed E-state index contributed by atoms with van der Waals surface area (Å²) in [4.78, 5) is 6.99. The minimum atomic E-state index is 0.653. The van der Waals surface area contributed by atoms with Crippen LogP contribution in [-0.4, -0.2) is 18.6 Å². The lowest BCUT2D eigenvalue weighted by Gasteiger charge is -2.16. The van der Waals surface area contributed by atoms with Crippen molar-refractivity contribution in [2.24, 2.45) is 0 Å². The SMILES string of the molecule is Cc1ccc(Br)cc1CCN(C)c1ncc(C#N)s1. The van der Waals surface area contributed by atoms with Gasteiger partial charge in [0.05, 0.1) is 6.20 Å². The molecule has 1 heterocycles. The van der Waals surface area contributed by atoms with E-state index in [1.54, 1.807) is 6.20 Å². The van der Waals surface area contributed by atoms with Crippen LogP contribution in [0.5, 0.6) is 0 Å². The van der Waals surface area contributed by atoms with Crippen LogP contribution >= 0.6 is 27.3 Å². The molecule has 0 saturated heterocycles. The number of likely N-dealkylation sites (N-methyl/N-ethyl adjacent to an activating group) is 1. The van der Waals surface area contributed by atoms with Gasteiger partial charge in [-0.05, 0) is 36.6 Å². The maximum absolute atomic E-state index is 8.80. The summed E-state index contributed by atoms with van der Waals surface area (Å²) in [6.45, 7) is 3.01. The molecular formula is C14H14BrN3S. The summed E-state index contributed by atoms with van der Waals surface area (Å²) in [5.41, 5.74) is 2.63. The molecule has 0 aliphatic rings. The summed E-state index contributed by atoms with van der Waals surface area (Å²) in [7, 11) is 2.01. The zero-order chi connectivity index (χ0) is 13.8. The van der Waals surface area contributed by atoms with Crippen molar-refractivity contribution in [1.29, 1.82) is 5.26 Å². The molecule has 0 atom stereocenters. The fourth-order valence-electron chi connectivity index (χ4n) is 1.79. The number of hydrogen-bond acceptors (Lipinski definition) is 4. The highest BCUT2D eigenvalue weighted by atomic mass is 79.9. The molecule has 0 bridgehead atoms. The fraction of sp³-hybridized carbons (Fsp3) is 0.286. The van der Waals surface area contributed by atoms with Crippen LogP contribution in [0.4, 0.5) is 5.13 Å². The molecule has 3 nitrogen and oxygen atoms in total. The first-order valence-electron chi connectivity index (χ1n) is 5.92. The van der Waals surface area contributed by atoms with Gasteiger partial charge in [-0.25, -0.2) is 4.98 Å². The number of anilines is 1. The lowest BCUT2D eigenvalue weighted by molar-refractivity contribution is 0.866. The van der Waals surface area contributed by atoms with Crippen LogP contribution in [0.3, 0.4) is 0 Å². The predicted molar refractivity (Wildman–Crippen MR) is 82.7 cm³/mol. The molecule has 2 aromatic rings. The average Bonchev–Trinajstić information content (AvgIpc) is 2.88. The largest absolute Gasteiger partial charge is 0.351 e. The van der Waals surface area contributed by atoms with Crippen molar-refractivity contribution >= 4 is 32.4 Å². The van der Waals surface area contributed by atoms with E-state index in [4.69, 9.17) is 5.26 Å². The number of nitriles is 1. The molecule has 0 fully saturated rings. The van der Waals surface area contributed by atoms with Gasteiger partial charge in [0.2, 0.25) is 0 Å². The van der Waals surface area contributed by atoms with Crippen LogP contribution in [0.2, 0.25) is 0 Å².